The number of methoxy groups -OCH3 is 2. The first-order valence-electron chi connectivity index (χ1n) is 11.0. The van der Waals surface area contributed by atoms with Gasteiger partial charge in [0.25, 0.3) is 0 Å². The second kappa shape index (κ2) is 10.8. The van der Waals surface area contributed by atoms with E-state index < -0.39 is 0 Å². The highest BCUT2D eigenvalue weighted by Crippen LogP contribution is 2.24. The van der Waals surface area contributed by atoms with Gasteiger partial charge in [0.1, 0.15) is 24.2 Å². The van der Waals surface area contributed by atoms with Crippen molar-refractivity contribution in [3.05, 3.63) is 66.2 Å². The summed E-state index contributed by atoms with van der Waals surface area (Å²) >= 11 is 0. The Labute approximate surface area is 194 Å². The average molecular weight is 450 g/mol. The minimum absolute atomic E-state index is 0.346. The molecular formula is C24H31N7O2. The van der Waals surface area contributed by atoms with E-state index in [1.165, 1.54) is 17.5 Å². The van der Waals surface area contributed by atoms with Gasteiger partial charge in [-0.15, -0.1) is 0 Å². The van der Waals surface area contributed by atoms with Gasteiger partial charge in [-0.05, 0) is 41.8 Å². The Bertz CT molecular complexity index is 1030. The van der Waals surface area contributed by atoms with Crippen LogP contribution in [-0.2, 0) is 13.1 Å². The Morgan fingerprint density at radius 2 is 1.85 bits per heavy atom. The molecule has 1 aromatic heterocycles. The summed E-state index contributed by atoms with van der Waals surface area (Å²) in [6, 6.07) is 14.6. The smallest absolute Gasteiger partial charge is 0.191 e. The summed E-state index contributed by atoms with van der Waals surface area (Å²) < 4.78 is 12.5. The lowest BCUT2D eigenvalue weighted by Crippen LogP contribution is -2.44. The summed E-state index contributed by atoms with van der Waals surface area (Å²) in [4.78, 5) is 10.8. The minimum Gasteiger partial charge on any atom is -0.497 e. The SMILES string of the molecule is CN=C(NCc1ccc(-n2cncn2)cc1)NC1CCN(Cc2cc(OC)cc(OC)c2)C1. The average Bonchev–Trinajstić information content (AvgIpc) is 3.54. The van der Waals surface area contributed by atoms with Crippen LogP contribution in [0.1, 0.15) is 17.5 Å². The number of rotatable bonds is 8. The van der Waals surface area contributed by atoms with E-state index >= 15 is 0 Å². The first kappa shape index (κ1) is 22.6. The summed E-state index contributed by atoms with van der Waals surface area (Å²) in [5.41, 5.74) is 3.34. The molecule has 1 saturated heterocycles. The molecule has 0 aliphatic carbocycles. The Balaban J connectivity index is 1.26. The lowest BCUT2D eigenvalue weighted by molar-refractivity contribution is 0.321. The number of aromatic nitrogens is 3. The van der Waals surface area contributed by atoms with Crippen molar-refractivity contribution in [2.24, 2.45) is 4.99 Å². The molecule has 1 atom stereocenters. The molecule has 174 valence electrons. The first-order valence-corrected chi connectivity index (χ1v) is 11.0. The predicted molar refractivity (Wildman–Crippen MR) is 128 cm³/mol. The number of hydrogen-bond donors (Lipinski definition) is 2. The summed E-state index contributed by atoms with van der Waals surface area (Å²) in [7, 11) is 5.16. The molecule has 9 heteroatoms. The second-order valence-electron chi connectivity index (χ2n) is 8.02. The molecule has 0 spiro atoms. The van der Waals surface area contributed by atoms with Gasteiger partial charge in [-0.25, -0.2) is 9.67 Å². The number of hydrogen-bond acceptors (Lipinski definition) is 6. The van der Waals surface area contributed by atoms with Gasteiger partial charge in [-0.2, -0.15) is 5.10 Å². The minimum atomic E-state index is 0.346. The molecule has 33 heavy (non-hydrogen) atoms. The molecule has 1 unspecified atom stereocenters. The summed E-state index contributed by atoms with van der Waals surface area (Å²) in [6.07, 6.45) is 4.28. The van der Waals surface area contributed by atoms with Gasteiger partial charge >= 0.3 is 0 Å². The van der Waals surface area contributed by atoms with Crippen molar-refractivity contribution in [3.8, 4) is 17.2 Å². The van der Waals surface area contributed by atoms with Crippen LogP contribution >= 0.6 is 0 Å². The zero-order valence-electron chi connectivity index (χ0n) is 19.4. The fraction of sp³-hybridized carbons (Fsp3) is 0.375. The molecule has 3 aromatic rings. The molecule has 4 rings (SSSR count). The molecule has 9 nitrogen and oxygen atoms in total. The zero-order valence-corrected chi connectivity index (χ0v) is 19.4. The van der Waals surface area contributed by atoms with Crippen molar-refractivity contribution in [1.82, 2.24) is 30.3 Å². The van der Waals surface area contributed by atoms with Gasteiger partial charge in [0.15, 0.2) is 5.96 Å². The van der Waals surface area contributed by atoms with Crippen molar-refractivity contribution >= 4 is 5.96 Å². The molecule has 0 bridgehead atoms. The highest BCUT2D eigenvalue weighted by Gasteiger charge is 2.23. The first-order chi connectivity index (χ1) is 16.2. The highest BCUT2D eigenvalue weighted by atomic mass is 16.5. The van der Waals surface area contributed by atoms with Crippen LogP contribution in [0.5, 0.6) is 11.5 Å². The fourth-order valence-electron chi connectivity index (χ4n) is 3.99. The third kappa shape index (κ3) is 6.01. The van der Waals surface area contributed by atoms with Gasteiger partial charge in [0, 0.05) is 45.3 Å². The van der Waals surface area contributed by atoms with E-state index in [2.05, 4.69) is 54.9 Å². The normalized spacial score (nSPS) is 16.6. The monoisotopic (exact) mass is 449 g/mol. The lowest BCUT2D eigenvalue weighted by Gasteiger charge is -2.19. The molecule has 0 radical (unpaired) electrons. The third-order valence-corrected chi connectivity index (χ3v) is 5.73. The van der Waals surface area contributed by atoms with Crippen LogP contribution in [0.2, 0.25) is 0 Å². The van der Waals surface area contributed by atoms with Crippen LogP contribution < -0.4 is 20.1 Å². The van der Waals surface area contributed by atoms with Gasteiger partial charge in [-0.1, -0.05) is 12.1 Å². The van der Waals surface area contributed by atoms with Gasteiger partial charge in [-0.3, -0.25) is 9.89 Å². The summed E-state index contributed by atoms with van der Waals surface area (Å²) in [5.74, 6) is 2.44. The van der Waals surface area contributed by atoms with Crippen molar-refractivity contribution < 1.29 is 9.47 Å². The Morgan fingerprint density at radius 1 is 1.09 bits per heavy atom. The van der Waals surface area contributed by atoms with Crippen LogP contribution in [0.25, 0.3) is 5.69 Å². The number of benzene rings is 2. The predicted octanol–water partition coefficient (Wildman–Crippen LogP) is 2.22. The molecule has 0 amide bonds. The van der Waals surface area contributed by atoms with E-state index in [9.17, 15) is 0 Å². The molecule has 2 heterocycles. The van der Waals surface area contributed by atoms with Crippen LogP contribution in [0.4, 0.5) is 0 Å². The maximum Gasteiger partial charge on any atom is 0.191 e. The van der Waals surface area contributed by atoms with Crippen LogP contribution in [0.15, 0.2) is 60.1 Å². The van der Waals surface area contributed by atoms with Gasteiger partial charge < -0.3 is 20.1 Å². The summed E-state index contributed by atoms with van der Waals surface area (Å²) in [5, 5.41) is 11.1. The number of nitrogens with one attached hydrogen (secondary N) is 2. The maximum atomic E-state index is 5.40. The van der Waals surface area contributed by atoms with E-state index in [1.807, 2.05) is 18.2 Å². The maximum absolute atomic E-state index is 5.40. The second-order valence-corrected chi connectivity index (χ2v) is 8.02. The zero-order chi connectivity index (χ0) is 23.0. The third-order valence-electron chi connectivity index (χ3n) is 5.73. The van der Waals surface area contributed by atoms with E-state index in [1.54, 1.807) is 32.3 Å². The topological polar surface area (TPSA) is 88.8 Å². The highest BCUT2D eigenvalue weighted by molar-refractivity contribution is 5.80. The van der Waals surface area contributed by atoms with Crippen molar-refractivity contribution in [2.45, 2.75) is 25.6 Å². The van der Waals surface area contributed by atoms with Crippen LogP contribution in [0, 0.1) is 0 Å². The molecule has 1 fully saturated rings. The molecule has 2 aromatic carbocycles. The Morgan fingerprint density at radius 3 is 2.48 bits per heavy atom. The Kier molecular flexibility index (Phi) is 7.41. The summed E-state index contributed by atoms with van der Waals surface area (Å²) in [6.45, 7) is 3.53. The van der Waals surface area contributed by atoms with Crippen LogP contribution in [-0.4, -0.2) is 66.0 Å². The van der Waals surface area contributed by atoms with Crippen molar-refractivity contribution in [2.75, 3.05) is 34.4 Å². The number of ether oxygens (including phenoxy) is 2. The lowest BCUT2D eigenvalue weighted by atomic mass is 10.2. The van der Waals surface area contributed by atoms with Crippen LogP contribution in [0.3, 0.4) is 0 Å². The Hall–Kier alpha value is -3.59. The van der Waals surface area contributed by atoms with Gasteiger partial charge in [0.2, 0.25) is 0 Å². The molecule has 1 aliphatic rings. The molecule has 2 N–H and O–H groups in total. The number of guanidine groups is 1. The van der Waals surface area contributed by atoms with E-state index in [4.69, 9.17) is 9.47 Å². The van der Waals surface area contributed by atoms with E-state index in [-0.39, 0.29) is 0 Å². The molecular weight excluding hydrogens is 418 g/mol. The molecule has 0 saturated carbocycles. The fourth-order valence-corrected chi connectivity index (χ4v) is 3.99. The number of aliphatic imine (C=N–C) groups is 1. The number of likely N-dealkylation sites (tertiary alicyclic amines) is 1. The van der Waals surface area contributed by atoms with Gasteiger partial charge in [0.05, 0.1) is 19.9 Å². The number of nitrogens with zero attached hydrogens (tertiary/aromatic N) is 5. The quantitative estimate of drug-likeness (QED) is 0.403. The van der Waals surface area contributed by atoms with Crippen molar-refractivity contribution in [1.29, 1.82) is 0 Å². The standard InChI is InChI=1S/C24H31N7O2/c1-25-24(27-13-18-4-6-21(7-5-18)31-17-26-16-28-31)29-20-8-9-30(15-20)14-19-10-22(32-2)12-23(11-19)33-3/h4-7,10-12,16-17,20H,8-9,13-15H2,1-3H3,(H2,25,27,29). The van der Waals surface area contributed by atoms with E-state index in [0.717, 1.165) is 49.2 Å². The van der Waals surface area contributed by atoms with E-state index in [0.29, 0.717) is 12.6 Å². The molecule has 1 aliphatic heterocycles. The largest absolute Gasteiger partial charge is 0.497 e. The van der Waals surface area contributed by atoms with Crippen molar-refractivity contribution in [3.63, 3.8) is 0 Å².